The lowest BCUT2D eigenvalue weighted by molar-refractivity contribution is 1.30. The Kier molecular flexibility index (Phi) is 7.31. The van der Waals surface area contributed by atoms with Crippen molar-refractivity contribution in [2.24, 2.45) is 0 Å². The van der Waals surface area contributed by atoms with Crippen molar-refractivity contribution in [2.75, 3.05) is 10.6 Å². The second-order valence-corrected chi connectivity index (χ2v) is 13.5. The van der Waals surface area contributed by atoms with E-state index in [0.717, 1.165) is 56.7 Å². The van der Waals surface area contributed by atoms with Crippen LogP contribution in [0.2, 0.25) is 0 Å². The Hall–Kier alpha value is -2.18. The molecule has 0 aliphatic rings. The van der Waals surface area contributed by atoms with Crippen molar-refractivity contribution in [2.45, 2.75) is 13.8 Å². The number of benzene rings is 2. The summed E-state index contributed by atoms with van der Waals surface area (Å²) in [4.78, 5) is 15.5. The Morgan fingerprint density at radius 3 is 1.71 bits per heavy atom. The van der Waals surface area contributed by atoms with Gasteiger partial charge >= 0.3 is 0 Å². The molecule has 11 heteroatoms. The lowest BCUT2D eigenvalue weighted by atomic mass is 10.3. The van der Waals surface area contributed by atoms with Gasteiger partial charge in [0.2, 0.25) is 11.9 Å². The van der Waals surface area contributed by atoms with Gasteiger partial charge in [-0.3, -0.25) is 0 Å². The molecule has 0 fully saturated rings. The monoisotopic (exact) mass is 692 g/mol. The van der Waals surface area contributed by atoms with E-state index in [-0.39, 0.29) is 0 Å². The highest BCUT2D eigenvalue weighted by Crippen LogP contribution is 2.41. The van der Waals surface area contributed by atoms with Gasteiger partial charge in [-0.15, -0.1) is 22.7 Å². The number of aromatic amines is 2. The Labute approximate surface area is 235 Å². The molecule has 2 aromatic carbocycles. The smallest absolute Gasteiger partial charge is 0.205 e. The number of anilines is 4. The molecule has 0 radical (unpaired) electrons. The topological polar surface area (TPSA) is 81.4 Å². The summed E-state index contributed by atoms with van der Waals surface area (Å²) in [6.07, 6.45) is 0. The molecule has 4 heterocycles. The summed E-state index contributed by atoms with van der Waals surface area (Å²) in [6, 6.07) is 16.0. The first-order valence-corrected chi connectivity index (χ1v) is 14.6. The first-order chi connectivity index (χ1) is 16.9. The molecule has 178 valence electrons. The molecule has 6 rings (SSSR count). The van der Waals surface area contributed by atoms with Crippen LogP contribution in [-0.4, -0.2) is 19.9 Å². The van der Waals surface area contributed by atoms with Crippen molar-refractivity contribution in [3.63, 3.8) is 0 Å². The number of nitrogens with zero attached hydrogens (tertiary/aromatic N) is 2. The minimum Gasteiger partial charge on any atom is -0.324 e. The standard InChI is InChI=1S/C12H9Br2N3S.C12H10BrN3S/c1-6-9(11(14)18-10(6)13)17-12-15-7-4-2-3-5-8(7)16-12;1-7-6-17-11(13)10(7)16-12-14-8-4-2-3-5-9(8)15-12/h2-5H,1H3,(H2,15,16,17);2-6H,1H3,(H2,14,15,16). The largest absolute Gasteiger partial charge is 0.324 e. The van der Waals surface area contributed by atoms with Crippen LogP contribution in [0, 0.1) is 13.8 Å². The number of nitrogens with one attached hydrogen (secondary N) is 4. The maximum absolute atomic E-state index is 4.50. The summed E-state index contributed by atoms with van der Waals surface area (Å²) >= 11 is 13.9. The van der Waals surface area contributed by atoms with Gasteiger partial charge in [0.15, 0.2) is 0 Å². The van der Waals surface area contributed by atoms with Crippen LogP contribution in [0.3, 0.4) is 0 Å². The van der Waals surface area contributed by atoms with Crippen LogP contribution in [0.25, 0.3) is 22.1 Å². The van der Waals surface area contributed by atoms with Crippen LogP contribution in [0.4, 0.5) is 23.3 Å². The van der Waals surface area contributed by atoms with E-state index in [4.69, 9.17) is 0 Å². The quantitative estimate of drug-likeness (QED) is 0.148. The molecule has 0 amide bonds. The van der Waals surface area contributed by atoms with E-state index in [1.165, 1.54) is 11.1 Å². The number of aryl methyl sites for hydroxylation is 1. The lowest BCUT2D eigenvalue weighted by Gasteiger charge is -2.02. The van der Waals surface area contributed by atoms with Gasteiger partial charge in [0.25, 0.3) is 0 Å². The minimum atomic E-state index is 0.755. The fourth-order valence-electron chi connectivity index (χ4n) is 3.42. The van der Waals surface area contributed by atoms with Gasteiger partial charge in [-0.25, -0.2) is 9.97 Å². The number of halogens is 3. The normalized spacial score (nSPS) is 11.0. The van der Waals surface area contributed by atoms with Crippen LogP contribution < -0.4 is 10.6 Å². The number of thiophene rings is 2. The average Bonchev–Trinajstić information content (AvgIpc) is 3.59. The van der Waals surface area contributed by atoms with Gasteiger partial charge in [-0.1, -0.05) is 24.3 Å². The predicted molar refractivity (Wildman–Crippen MR) is 160 cm³/mol. The molecule has 6 nitrogen and oxygen atoms in total. The third-order valence-electron chi connectivity index (χ3n) is 5.24. The van der Waals surface area contributed by atoms with Crippen molar-refractivity contribution < 1.29 is 0 Å². The van der Waals surface area contributed by atoms with Gasteiger partial charge in [-0.2, -0.15) is 0 Å². The molecule has 4 N–H and O–H groups in total. The zero-order valence-corrected chi connectivity index (χ0v) is 24.9. The van der Waals surface area contributed by atoms with Crippen molar-refractivity contribution in [3.05, 3.63) is 76.4 Å². The van der Waals surface area contributed by atoms with Crippen molar-refractivity contribution in [1.29, 1.82) is 0 Å². The Balaban J connectivity index is 0.000000145. The van der Waals surface area contributed by atoms with Crippen LogP contribution in [0.15, 0.2) is 65.3 Å². The predicted octanol–water partition coefficient (Wildman–Crippen LogP) is 9.64. The Morgan fingerprint density at radius 2 is 1.26 bits per heavy atom. The highest BCUT2D eigenvalue weighted by molar-refractivity contribution is 9.12. The molecule has 0 aliphatic heterocycles. The third-order valence-corrected chi connectivity index (χ3v) is 9.91. The van der Waals surface area contributed by atoms with Crippen molar-refractivity contribution in [1.82, 2.24) is 19.9 Å². The second-order valence-electron chi connectivity index (χ2n) is 7.67. The van der Waals surface area contributed by atoms with Gasteiger partial charge in [0, 0.05) is 0 Å². The number of hydrogen-bond donors (Lipinski definition) is 4. The number of hydrogen-bond acceptors (Lipinski definition) is 6. The number of rotatable bonds is 4. The molecule has 0 spiro atoms. The molecular weight excluding hydrogens is 676 g/mol. The fraction of sp³-hybridized carbons (Fsp3) is 0.0833. The van der Waals surface area contributed by atoms with Crippen LogP contribution in [0.1, 0.15) is 11.1 Å². The van der Waals surface area contributed by atoms with E-state index >= 15 is 0 Å². The van der Waals surface area contributed by atoms with E-state index in [1.54, 1.807) is 22.7 Å². The number of fused-ring (bicyclic) bond motifs is 2. The molecular formula is C24H19Br3N6S2. The summed E-state index contributed by atoms with van der Waals surface area (Å²) in [5.41, 5.74) is 8.51. The van der Waals surface area contributed by atoms with Crippen molar-refractivity contribution in [3.8, 4) is 0 Å². The van der Waals surface area contributed by atoms with Gasteiger partial charge in [0.05, 0.1) is 44.8 Å². The van der Waals surface area contributed by atoms with Crippen molar-refractivity contribution >= 4 is 116 Å². The Morgan fingerprint density at radius 1 is 0.714 bits per heavy atom. The average molecular weight is 695 g/mol. The van der Waals surface area contributed by atoms with Gasteiger partial charge < -0.3 is 20.6 Å². The second kappa shape index (κ2) is 10.4. The number of H-pyrrole nitrogens is 2. The molecule has 0 bridgehead atoms. The summed E-state index contributed by atoms with van der Waals surface area (Å²) in [6.45, 7) is 4.14. The highest BCUT2D eigenvalue weighted by atomic mass is 79.9. The SMILES string of the molecule is Cc1c(Br)sc(Br)c1Nc1nc2ccccc2[nH]1.Cc1csc(Br)c1Nc1nc2ccccc2[nH]1. The van der Waals surface area contributed by atoms with Crippen LogP contribution in [0.5, 0.6) is 0 Å². The van der Waals surface area contributed by atoms with Crippen LogP contribution >= 0.6 is 70.5 Å². The number of para-hydroxylation sites is 4. The van der Waals surface area contributed by atoms with E-state index < -0.39 is 0 Å². The molecule has 0 saturated carbocycles. The zero-order chi connectivity index (χ0) is 24.5. The summed E-state index contributed by atoms with van der Waals surface area (Å²) in [5, 5.41) is 8.73. The molecule has 0 atom stereocenters. The third kappa shape index (κ3) is 5.34. The van der Waals surface area contributed by atoms with E-state index in [1.807, 2.05) is 48.5 Å². The summed E-state index contributed by atoms with van der Waals surface area (Å²) < 4.78 is 3.27. The maximum atomic E-state index is 4.50. The maximum Gasteiger partial charge on any atom is 0.205 e. The first-order valence-electron chi connectivity index (χ1n) is 10.5. The fourth-order valence-corrected chi connectivity index (χ4v) is 7.77. The first kappa shape index (κ1) is 24.5. The molecule has 0 saturated heterocycles. The number of aromatic nitrogens is 4. The summed E-state index contributed by atoms with van der Waals surface area (Å²) in [5.74, 6) is 1.53. The molecule has 0 unspecified atom stereocenters. The lowest BCUT2D eigenvalue weighted by Crippen LogP contribution is -1.92. The minimum absolute atomic E-state index is 0.755. The van der Waals surface area contributed by atoms with Gasteiger partial charge in [0.1, 0.15) is 0 Å². The number of imidazole rings is 2. The highest BCUT2D eigenvalue weighted by Gasteiger charge is 2.13. The molecule has 4 aromatic heterocycles. The van der Waals surface area contributed by atoms with E-state index in [9.17, 15) is 0 Å². The van der Waals surface area contributed by atoms with Crippen LogP contribution in [-0.2, 0) is 0 Å². The van der Waals surface area contributed by atoms with E-state index in [2.05, 4.69) is 97.6 Å². The molecule has 6 aromatic rings. The Bertz CT molecular complexity index is 1550. The van der Waals surface area contributed by atoms with E-state index in [0.29, 0.717) is 0 Å². The molecule has 0 aliphatic carbocycles. The van der Waals surface area contributed by atoms with Gasteiger partial charge in [-0.05, 0) is 102 Å². The zero-order valence-electron chi connectivity index (χ0n) is 18.5. The summed E-state index contributed by atoms with van der Waals surface area (Å²) in [7, 11) is 0. The molecule has 35 heavy (non-hydrogen) atoms.